The molecule has 0 spiro atoms. The highest BCUT2D eigenvalue weighted by Crippen LogP contribution is 2.27. The molecule has 1 rings (SSSR count). The van der Waals surface area contributed by atoms with Gasteiger partial charge in [-0.3, -0.25) is 4.79 Å². The molecule has 1 aromatic rings. The maximum atomic E-state index is 11.8. The lowest BCUT2D eigenvalue weighted by atomic mass is 9.79. The Morgan fingerprint density at radius 1 is 1.10 bits per heavy atom. The number of hydrogen-bond donors (Lipinski definition) is 2. The average molecular weight is 290 g/mol. The van der Waals surface area contributed by atoms with Crippen LogP contribution < -0.4 is 10.6 Å². The van der Waals surface area contributed by atoms with Gasteiger partial charge in [0.05, 0.1) is 6.54 Å². The maximum absolute atomic E-state index is 11.8. The number of hydrogen-bond acceptors (Lipinski definition) is 2. The summed E-state index contributed by atoms with van der Waals surface area (Å²) in [5.74, 6) is 0.0480. The first-order valence-corrected chi connectivity index (χ1v) is 7.70. The first-order valence-electron chi connectivity index (χ1n) is 7.70. The second-order valence-corrected chi connectivity index (χ2v) is 7.53. The lowest BCUT2D eigenvalue weighted by Crippen LogP contribution is -2.46. The summed E-state index contributed by atoms with van der Waals surface area (Å²) >= 11 is 0. The Labute approximate surface area is 129 Å². The molecule has 2 N–H and O–H groups in total. The van der Waals surface area contributed by atoms with Crippen LogP contribution in [0.15, 0.2) is 30.3 Å². The number of nitrogens with one attached hydrogen (secondary N) is 2. The van der Waals surface area contributed by atoms with Gasteiger partial charge in [-0.25, -0.2) is 0 Å². The molecule has 1 atom stereocenters. The normalized spacial score (nSPS) is 13.8. The predicted octanol–water partition coefficient (Wildman–Crippen LogP) is 3.25. The van der Waals surface area contributed by atoms with Crippen LogP contribution in [0, 0.1) is 0 Å². The van der Waals surface area contributed by atoms with Gasteiger partial charge in [-0.2, -0.15) is 0 Å². The van der Waals surface area contributed by atoms with Crippen molar-refractivity contribution in [1.29, 1.82) is 0 Å². The third kappa shape index (κ3) is 6.76. The summed E-state index contributed by atoms with van der Waals surface area (Å²) in [5, 5.41) is 6.29. The maximum Gasteiger partial charge on any atom is 0.234 e. The van der Waals surface area contributed by atoms with Crippen molar-refractivity contribution in [3.05, 3.63) is 35.9 Å². The second kappa shape index (κ2) is 7.08. The number of rotatable bonds is 6. The van der Waals surface area contributed by atoms with Gasteiger partial charge in [-0.05, 0) is 45.1 Å². The molecule has 118 valence electrons. The number of carbonyl (C=O) groups excluding carboxylic acids is 1. The van der Waals surface area contributed by atoms with Crippen LogP contribution in [0.1, 0.15) is 53.5 Å². The molecule has 0 radical (unpaired) electrons. The summed E-state index contributed by atoms with van der Waals surface area (Å²) in [4.78, 5) is 11.8. The van der Waals surface area contributed by atoms with Gasteiger partial charge in [0.25, 0.3) is 0 Å². The summed E-state index contributed by atoms with van der Waals surface area (Å²) in [6, 6.07) is 10.8. The van der Waals surface area contributed by atoms with E-state index < -0.39 is 0 Å². The molecule has 0 aromatic heterocycles. The summed E-state index contributed by atoms with van der Waals surface area (Å²) in [7, 11) is 0. The van der Waals surface area contributed by atoms with Crippen LogP contribution in [0.5, 0.6) is 0 Å². The minimum absolute atomic E-state index is 0.0480. The van der Waals surface area contributed by atoms with Crippen molar-refractivity contribution in [1.82, 2.24) is 10.6 Å². The van der Waals surface area contributed by atoms with Crippen molar-refractivity contribution in [2.24, 2.45) is 0 Å². The Hall–Kier alpha value is -1.35. The van der Waals surface area contributed by atoms with Crippen LogP contribution in [0.2, 0.25) is 0 Å². The van der Waals surface area contributed by atoms with Crippen LogP contribution in [0.3, 0.4) is 0 Å². The molecule has 3 nitrogen and oxygen atoms in total. The molecule has 0 aliphatic rings. The van der Waals surface area contributed by atoms with Crippen molar-refractivity contribution in [2.75, 3.05) is 6.54 Å². The van der Waals surface area contributed by atoms with Gasteiger partial charge in [0.15, 0.2) is 0 Å². The van der Waals surface area contributed by atoms with Crippen LogP contribution >= 0.6 is 0 Å². The first-order chi connectivity index (χ1) is 9.60. The van der Waals surface area contributed by atoms with E-state index in [-0.39, 0.29) is 22.9 Å². The monoisotopic (exact) mass is 290 g/mol. The molecule has 3 heteroatoms. The van der Waals surface area contributed by atoms with Crippen molar-refractivity contribution >= 4 is 5.91 Å². The topological polar surface area (TPSA) is 41.1 Å². The molecule has 0 fully saturated rings. The molecule has 0 saturated carbocycles. The molecule has 0 aliphatic carbocycles. The van der Waals surface area contributed by atoms with Crippen LogP contribution in [0.4, 0.5) is 0 Å². The highest BCUT2D eigenvalue weighted by molar-refractivity contribution is 5.78. The number of benzene rings is 1. The Morgan fingerprint density at radius 2 is 1.67 bits per heavy atom. The third-order valence-electron chi connectivity index (χ3n) is 3.50. The van der Waals surface area contributed by atoms with E-state index in [1.54, 1.807) is 0 Å². The predicted molar refractivity (Wildman–Crippen MR) is 89.4 cm³/mol. The Morgan fingerprint density at radius 3 is 2.19 bits per heavy atom. The number of carbonyl (C=O) groups is 1. The highest BCUT2D eigenvalue weighted by atomic mass is 16.2. The Balaban J connectivity index is 2.47. The standard InChI is InChI=1S/C18H30N2O/c1-14(19-13-16(21)20-17(2,3)4)12-18(5,6)15-10-8-7-9-11-15/h7-11,14,19H,12-13H2,1-6H3,(H,20,21). The van der Waals surface area contributed by atoms with E-state index in [9.17, 15) is 4.79 Å². The average Bonchev–Trinajstić information content (AvgIpc) is 2.35. The fourth-order valence-corrected chi connectivity index (χ4v) is 2.57. The van der Waals surface area contributed by atoms with Gasteiger partial charge in [-0.15, -0.1) is 0 Å². The van der Waals surface area contributed by atoms with Crippen molar-refractivity contribution in [2.45, 2.75) is 65.0 Å². The fourth-order valence-electron chi connectivity index (χ4n) is 2.57. The summed E-state index contributed by atoms with van der Waals surface area (Å²) in [6.07, 6.45) is 0.986. The van der Waals surface area contributed by atoms with Crippen molar-refractivity contribution in [3.63, 3.8) is 0 Å². The first kappa shape index (κ1) is 17.7. The van der Waals surface area contributed by atoms with Crippen molar-refractivity contribution in [3.8, 4) is 0 Å². The molecule has 21 heavy (non-hydrogen) atoms. The zero-order valence-corrected chi connectivity index (χ0v) is 14.3. The highest BCUT2D eigenvalue weighted by Gasteiger charge is 2.23. The SMILES string of the molecule is CC(CC(C)(C)c1ccccc1)NCC(=O)NC(C)(C)C. The minimum Gasteiger partial charge on any atom is -0.350 e. The Bertz CT molecular complexity index is 446. The van der Waals surface area contributed by atoms with Crippen LogP contribution in [-0.2, 0) is 10.2 Å². The lowest BCUT2D eigenvalue weighted by molar-refractivity contribution is -0.121. The summed E-state index contributed by atoms with van der Waals surface area (Å²) in [6.45, 7) is 13.0. The smallest absolute Gasteiger partial charge is 0.234 e. The van der Waals surface area contributed by atoms with E-state index in [4.69, 9.17) is 0 Å². The Kier molecular flexibility index (Phi) is 5.97. The van der Waals surface area contributed by atoms with Gasteiger partial charge >= 0.3 is 0 Å². The largest absolute Gasteiger partial charge is 0.350 e. The van der Waals surface area contributed by atoms with Crippen LogP contribution in [-0.4, -0.2) is 24.0 Å². The van der Waals surface area contributed by atoms with E-state index in [1.165, 1.54) is 5.56 Å². The van der Waals surface area contributed by atoms with E-state index in [0.29, 0.717) is 6.54 Å². The molecule has 0 aliphatic heterocycles. The fraction of sp³-hybridized carbons (Fsp3) is 0.611. The molecule has 1 amide bonds. The second-order valence-electron chi connectivity index (χ2n) is 7.53. The lowest BCUT2D eigenvalue weighted by Gasteiger charge is -2.29. The third-order valence-corrected chi connectivity index (χ3v) is 3.50. The molecular weight excluding hydrogens is 260 g/mol. The number of amides is 1. The summed E-state index contributed by atoms with van der Waals surface area (Å²) < 4.78 is 0. The van der Waals surface area contributed by atoms with Gasteiger partial charge in [-0.1, -0.05) is 44.2 Å². The molecular formula is C18H30N2O. The van der Waals surface area contributed by atoms with E-state index in [0.717, 1.165) is 6.42 Å². The molecule has 0 bridgehead atoms. The minimum atomic E-state index is -0.175. The van der Waals surface area contributed by atoms with Crippen molar-refractivity contribution < 1.29 is 4.79 Å². The van der Waals surface area contributed by atoms with Gasteiger partial charge in [0.2, 0.25) is 5.91 Å². The summed E-state index contributed by atoms with van der Waals surface area (Å²) in [5.41, 5.74) is 1.25. The molecule has 0 heterocycles. The molecule has 1 unspecified atom stereocenters. The molecule has 1 aromatic carbocycles. The van der Waals surface area contributed by atoms with Crippen LogP contribution in [0.25, 0.3) is 0 Å². The van der Waals surface area contributed by atoms with E-state index in [1.807, 2.05) is 26.8 Å². The van der Waals surface area contributed by atoms with Gasteiger partial charge in [0.1, 0.15) is 0 Å². The molecule has 0 saturated heterocycles. The zero-order valence-electron chi connectivity index (χ0n) is 14.3. The zero-order chi connectivity index (χ0) is 16.1. The quantitative estimate of drug-likeness (QED) is 0.844. The van der Waals surface area contributed by atoms with Gasteiger partial charge < -0.3 is 10.6 Å². The van der Waals surface area contributed by atoms with Gasteiger partial charge in [0, 0.05) is 11.6 Å². The van der Waals surface area contributed by atoms with E-state index >= 15 is 0 Å². The van der Waals surface area contributed by atoms with E-state index in [2.05, 4.69) is 55.7 Å².